The van der Waals surface area contributed by atoms with E-state index in [0.717, 1.165) is 30.6 Å². The lowest BCUT2D eigenvalue weighted by atomic mass is 10.1. The van der Waals surface area contributed by atoms with Crippen LogP contribution in [-0.4, -0.2) is 62.9 Å². The third-order valence-electron chi connectivity index (χ3n) is 5.66. The molecule has 0 atom stereocenters. The molecule has 184 valence electrons. The summed E-state index contributed by atoms with van der Waals surface area (Å²) in [6.07, 6.45) is 2.75. The zero-order valence-corrected chi connectivity index (χ0v) is 20.6. The predicted octanol–water partition coefficient (Wildman–Crippen LogP) is 3.00. The molecule has 2 aromatic rings. The Bertz CT molecular complexity index is 1060. The van der Waals surface area contributed by atoms with E-state index in [4.69, 9.17) is 9.47 Å². The van der Waals surface area contributed by atoms with Gasteiger partial charge in [0.2, 0.25) is 10.0 Å². The summed E-state index contributed by atoms with van der Waals surface area (Å²) >= 11 is 0. The number of esters is 1. The molecule has 0 radical (unpaired) electrons. The Kier molecular flexibility index (Phi) is 9.06. The van der Waals surface area contributed by atoms with Gasteiger partial charge in [0.05, 0.1) is 17.9 Å². The third kappa shape index (κ3) is 7.04. The van der Waals surface area contributed by atoms with Crippen LogP contribution in [0.3, 0.4) is 0 Å². The van der Waals surface area contributed by atoms with Crippen molar-refractivity contribution in [2.24, 2.45) is 0 Å². The number of hydrogen-bond donors (Lipinski definition) is 0. The normalized spacial score (nSPS) is 14.4. The molecule has 1 fully saturated rings. The van der Waals surface area contributed by atoms with Crippen molar-refractivity contribution in [2.75, 3.05) is 33.4 Å². The molecule has 3 rings (SSSR count). The van der Waals surface area contributed by atoms with Crippen LogP contribution in [0.15, 0.2) is 53.4 Å². The van der Waals surface area contributed by atoms with E-state index in [1.165, 1.54) is 21.3 Å². The van der Waals surface area contributed by atoms with Crippen molar-refractivity contribution in [3.8, 4) is 5.75 Å². The molecule has 0 N–H and O–H groups in total. The summed E-state index contributed by atoms with van der Waals surface area (Å²) in [6.45, 7) is 3.61. The maximum absolute atomic E-state index is 12.7. The fraction of sp³-hybridized carbons (Fsp3) is 0.440. The molecule has 1 aliphatic heterocycles. The highest BCUT2D eigenvalue weighted by molar-refractivity contribution is 7.89. The van der Waals surface area contributed by atoms with Crippen LogP contribution in [0.5, 0.6) is 5.75 Å². The monoisotopic (exact) mass is 488 g/mol. The van der Waals surface area contributed by atoms with E-state index in [9.17, 15) is 18.0 Å². The Hall–Kier alpha value is -2.91. The Balaban J connectivity index is 1.46. The molecule has 1 heterocycles. The molecule has 0 bridgehead atoms. The molecule has 9 heteroatoms. The van der Waals surface area contributed by atoms with E-state index < -0.39 is 16.0 Å². The Morgan fingerprint density at radius 1 is 0.941 bits per heavy atom. The van der Waals surface area contributed by atoms with E-state index in [2.05, 4.69) is 0 Å². The second-order valence-electron chi connectivity index (χ2n) is 8.27. The lowest BCUT2D eigenvalue weighted by molar-refractivity contribution is -0.151. The van der Waals surface area contributed by atoms with Crippen LogP contribution < -0.4 is 4.74 Å². The number of likely N-dealkylation sites (N-methyl/N-ethyl adjacent to an activating group) is 1. The van der Waals surface area contributed by atoms with Gasteiger partial charge in [-0.15, -0.1) is 0 Å². The summed E-state index contributed by atoms with van der Waals surface area (Å²) < 4.78 is 37.5. The summed E-state index contributed by atoms with van der Waals surface area (Å²) in [4.78, 5) is 26.2. The topological polar surface area (TPSA) is 93.2 Å². The van der Waals surface area contributed by atoms with Crippen LogP contribution in [0.4, 0.5) is 0 Å². The van der Waals surface area contributed by atoms with Crippen LogP contribution in [0, 0.1) is 0 Å². The first-order valence-corrected chi connectivity index (χ1v) is 12.9. The van der Waals surface area contributed by atoms with Gasteiger partial charge in [0.25, 0.3) is 5.91 Å². The van der Waals surface area contributed by atoms with E-state index in [1.54, 1.807) is 19.2 Å². The number of hydrogen-bond acceptors (Lipinski definition) is 6. The van der Waals surface area contributed by atoms with Crippen molar-refractivity contribution >= 4 is 21.9 Å². The average molecular weight is 489 g/mol. The van der Waals surface area contributed by atoms with E-state index in [1.807, 2.05) is 31.2 Å². The average Bonchev–Trinajstić information content (AvgIpc) is 2.85. The van der Waals surface area contributed by atoms with E-state index >= 15 is 0 Å². The molecular formula is C25H32N2O6S. The molecule has 34 heavy (non-hydrogen) atoms. The van der Waals surface area contributed by atoms with Crippen molar-refractivity contribution < 1.29 is 27.5 Å². The van der Waals surface area contributed by atoms with Crippen molar-refractivity contribution in [1.82, 2.24) is 9.21 Å². The number of piperidine rings is 1. The van der Waals surface area contributed by atoms with Gasteiger partial charge in [0.15, 0.2) is 6.61 Å². The molecular weight excluding hydrogens is 456 g/mol. The maximum atomic E-state index is 12.7. The van der Waals surface area contributed by atoms with Gasteiger partial charge in [-0.2, -0.15) is 4.31 Å². The van der Waals surface area contributed by atoms with Gasteiger partial charge in [0.1, 0.15) is 5.75 Å². The lowest BCUT2D eigenvalue weighted by Gasteiger charge is -2.25. The van der Waals surface area contributed by atoms with Crippen LogP contribution in [0.1, 0.15) is 37.3 Å². The lowest BCUT2D eigenvalue weighted by Crippen LogP contribution is -2.35. The van der Waals surface area contributed by atoms with Crippen LogP contribution >= 0.6 is 0 Å². The highest BCUT2D eigenvalue weighted by atomic mass is 32.2. The number of rotatable bonds is 10. The number of carbonyl (C=O) groups excluding carboxylic acids is 2. The van der Waals surface area contributed by atoms with Crippen molar-refractivity contribution in [3.63, 3.8) is 0 Å². The highest BCUT2D eigenvalue weighted by Gasteiger charge is 2.25. The number of nitrogens with zero attached hydrogens (tertiary/aromatic N) is 2. The molecule has 2 aromatic carbocycles. The predicted molar refractivity (Wildman–Crippen MR) is 128 cm³/mol. The molecule has 8 nitrogen and oxygen atoms in total. The number of benzene rings is 2. The number of carbonyl (C=O) groups is 2. The zero-order chi connectivity index (χ0) is 24.6. The number of sulfonamides is 1. The Morgan fingerprint density at radius 3 is 2.18 bits per heavy atom. The first-order valence-electron chi connectivity index (χ1n) is 11.5. The fourth-order valence-corrected chi connectivity index (χ4v) is 5.24. The molecule has 1 amide bonds. The second kappa shape index (κ2) is 12.0. The minimum Gasteiger partial charge on any atom is -0.494 e. The smallest absolute Gasteiger partial charge is 0.310 e. The van der Waals surface area contributed by atoms with E-state index in [-0.39, 0.29) is 23.8 Å². The highest BCUT2D eigenvalue weighted by Crippen LogP contribution is 2.21. The summed E-state index contributed by atoms with van der Waals surface area (Å²) in [5.74, 6) is -0.0917. The van der Waals surface area contributed by atoms with Gasteiger partial charge in [-0.05, 0) is 55.2 Å². The fourth-order valence-electron chi connectivity index (χ4n) is 3.72. The van der Waals surface area contributed by atoms with Crippen molar-refractivity contribution in [1.29, 1.82) is 0 Å². The zero-order valence-electron chi connectivity index (χ0n) is 19.7. The molecule has 0 aliphatic carbocycles. The summed E-state index contributed by atoms with van der Waals surface area (Å²) in [5.41, 5.74) is 1.56. The second-order valence-corrected chi connectivity index (χ2v) is 10.2. The molecule has 0 saturated carbocycles. The van der Waals surface area contributed by atoms with Gasteiger partial charge in [-0.3, -0.25) is 9.59 Å². The molecule has 0 aromatic heterocycles. The maximum Gasteiger partial charge on any atom is 0.310 e. The van der Waals surface area contributed by atoms with Gasteiger partial charge in [-0.1, -0.05) is 30.7 Å². The molecule has 0 unspecified atom stereocenters. The largest absolute Gasteiger partial charge is 0.494 e. The van der Waals surface area contributed by atoms with E-state index in [0.29, 0.717) is 31.8 Å². The number of amides is 1. The third-order valence-corrected chi connectivity index (χ3v) is 7.57. The molecule has 1 aliphatic rings. The van der Waals surface area contributed by atoms with Gasteiger partial charge in [-0.25, -0.2) is 8.42 Å². The SMILES string of the molecule is CCOc1ccc(CN(C)C(=O)COC(=O)Cc2ccc(S(=O)(=O)N3CCCCC3)cc2)cc1. The molecule has 1 saturated heterocycles. The van der Waals surface area contributed by atoms with Gasteiger partial charge >= 0.3 is 5.97 Å². The minimum atomic E-state index is -3.51. The standard InChI is InChI=1S/C25H32N2O6S/c1-3-32-22-11-7-21(8-12-22)18-26(2)24(28)19-33-25(29)17-20-9-13-23(14-10-20)34(30,31)27-15-5-4-6-16-27/h7-14H,3-6,15-19H2,1-2H3. The Labute approximate surface area is 201 Å². The Morgan fingerprint density at radius 2 is 1.56 bits per heavy atom. The quantitative estimate of drug-likeness (QED) is 0.478. The summed E-state index contributed by atoms with van der Waals surface area (Å²) in [5, 5.41) is 0. The molecule has 0 spiro atoms. The van der Waals surface area contributed by atoms with Crippen LogP contribution in [-0.2, 0) is 37.3 Å². The van der Waals surface area contributed by atoms with Crippen molar-refractivity contribution in [3.05, 3.63) is 59.7 Å². The van der Waals surface area contributed by atoms with Crippen LogP contribution in [0.25, 0.3) is 0 Å². The number of ether oxygens (including phenoxy) is 2. The van der Waals surface area contributed by atoms with Crippen LogP contribution in [0.2, 0.25) is 0 Å². The first kappa shape index (κ1) is 25.7. The summed E-state index contributed by atoms with van der Waals surface area (Å²) in [6, 6.07) is 13.7. The van der Waals surface area contributed by atoms with Crippen molar-refractivity contribution in [2.45, 2.75) is 44.0 Å². The van der Waals surface area contributed by atoms with Gasteiger partial charge in [0, 0.05) is 26.7 Å². The minimum absolute atomic E-state index is 0.0417. The van der Waals surface area contributed by atoms with Gasteiger partial charge < -0.3 is 14.4 Å². The first-order chi connectivity index (χ1) is 16.3. The summed E-state index contributed by atoms with van der Waals surface area (Å²) in [7, 11) is -1.86.